The molecule has 0 radical (unpaired) electrons. The Kier molecular flexibility index (Phi) is 3.50. The average Bonchev–Trinajstić information content (AvgIpc) is 3.01. The molecule has 0 aromatic heterocycles. The monoisotopic (exact) mass is 254 g/mol. The maximum atomic E-state index is 11.7. The Morgan fingerprint density at radius 2 is 1.89 bits per heavy atom. The molecule has 2 rings (SSSR count). The number of urea groups is 1. The summed E-state index contributed by atoms with van der Waals surface area (Å²) in [7, 11) is 0. The van der Waals surface area contributed by atoms with E-state index in [0.29, 0.717) is 24.8 Å². The number of carbonyl (C=O) groups is 2. The molecular formula is C13H22N2O3. The molecule has 0 aromatic rings. The number of carboxylic acids is 1. The quantitative estimate of drug-likeness (QED) is 0.677. The maximum absolute atomic E-state index is 11.7. The SMILES string of the molecule is CCCC1(CNC(=O)NC2(C(=O)O)CCC2)CC1. The molecule has 0 spiro atoms. The fraction of sp³-hybridized carbons (Fsp3) is 0.846. The minimum atomic E-state index is -1.01. The highest BCUT2D eigenvalue weighted by Crippen LogP contribution is 2.48. The second-order valence-electron chi connectivity index (χ2n) is 5.80. The van der Waals surface area contributed by atoms with Crippen LogP contribution in [0.15, 0.2) is 0 Å². The van der Waals surface area contributed by atoms with Crippen molar-refractivity contribution in [1.29, 1.82) is 0 Å². The highest BCUT2D eigenvalue weighted by molar-refractivity contribution is 5.87. The van der Waals surface area contributed by atoms with Crippen molar-refractivity contribution < 1.29 is 14.7 Å². The third kappa shape index (κ3) is 2.60. The molecule has 0 aliphatic heterocycles. The lowest BCUT2D eigenvalue weighted by atomic mass is 9.77. The van der Waals surface area contributed by atoms with Crippen LogP contribution >= 0.6 is 0 Å². The largest absolute Gasteiger partial charge is 0.480 e. The second-order valence-corrected chi connectivity index (χ2v) is 5.80. The molecular weight excluding hydrogens is 232 g/mol. The minimum absolute atomic E-state index is 0.294. The van der Waals surface area contributed by atoms with Crippen LogP contribution in [0.5, 0.6) is 0 Å². The number of hydrogen-bond donors (Lipinski definition) is 3. The smallest absolute Gasteiger partial charge is 0.329 e. The number of nitrogens with one attached hydrogen (secondary N) is 2. The van der Waals surface area contributed by atoms with Gasteiger partial charge in [-0.15, -0.1) is 0 Å². The summed E-state index contributed by atoms with van der Waals surface area (Å²) in [5.74, 6) is -0.918. The summed E-state index contributed by atoms with van der Waals surface area (Å²) >= 11 is 0. The molecule has 2 aliphatic carbocycles. The van der Waals surface area contributed by atoms with Crippen molar-refractivity contribution in [3.05, 3.63) is 0 Å². The first-order valence-corrected chi connectivity index (χ1v) is 6.81. The van der Waals surface area contributed by atoms with E-state index in [1.165, 1.54) is 12.8 Å². The van der Waals surface area contributed by atoms with Crippen LogP contribution in [-0.2, 0) is 4.79 Å². The van der Waals surface area contributed by atoms with Crippen molar-refractivity contribution in [2.75, 3.05) is 6.54 Å². The molecule has 0 unspecified atom stereocenters. The molecule has 0 saturated heterocycles. The molecule has 2 fully saturated rings. The van der Waals surface area contributed by atoms with Crippen molar-refractivity contribution in [2.24, 2.45) is 5.41 Å². The van der Waals surface area contributed by atoms with Gasteiger partial charge in [0.05, 0.1) is 0 Å². The van der Waals surface area contributed by atoms with Crippen LogP contribution in [0.1, 0.15) is 51.9 Å². The van der Waals surface area contributed by atoms with Crippen molar-refractivity contribution in [1.82, 2.24) is 10.6 Å². The topological polar surface area (TPSA) is 78.4 Å². The van der Waals surface area contributed by atoms with E-state index in [2.05, 4.69) is 17.6 Å². The van der Waals surface area contributed by atoms with Crippen molar-refractivity contribution in [3.63, 3.8) is 0 Å². The van der Waals surface area contributed by atoms with E-state index in [1.54, 1.807) is 0 Å². The van der Waals surface area contributed by atoms with Gasteiger partial charge in [-0.3, -0.25) is 0 Å². The minimum Gasteiger partial charge on any atom is -0.480 e. The Bertz CT molecular complexity index is 346. The predicted molar refractivity (Wildman–Crippen MR) is 67.3 cm³/mol. The summed E-state index contributed by atoms with van der Waals surface area (Å²) in [6.45, 7) is 2.82. The van der Waals surface area contributed by atoms with Crippen LogP contribution < -0.4 is 10.6 Å². The van der Waals surface area contributed by atoms with Gasteiger partial charge in [-0.25, -0.2) is 9.59 Å². The number of rotatable bonds is 6. The number of aliphatic carboxylic acids is 1. The van der Waals surface area contributed by atoms with Gasteiger partial charge in [0.1, 0.15) is 5.54 Å². The van der Waals surface area contributed by atoms with Crippen LogP contribution in [0.25, 0.3) is 0 Å². The van der Waals surface area contributed by atoms with Gasteiger partial charge in [0.25, 0.3) is 0 Å². The molecule has 2 amide bonds. The van der Waals surface area contributed by atoms with E-state index in [-0.39, 0.29) is 6.03 Å². The van der Waals surface area contributed by atoms with Crippen LogP contribution in [0.2, 0.25) is 0 Å². The zero-order chi connectivity index (χ0) is 13.2. The Balaban J connectivity index is 1.77. The zero-order valence-electron chi connectivity index (χ0n) is 10.9. The van der Waals surface area contributed by atoms with Crippen LogP contribution in [0, 0.1) is 5.41 Å². The molecule has 0 atom stereocenters. The highest BCUT2D eigenvalue weighted by atomic mass is 16.4. The fourth-order valence-electron chi connectivity index (χ4n) is 2.67. The molecule has 0 heterocycles. The number of carboxylic acid groups (broad SMARTS) is 1. The Morgan fingerprint density at radius 1 is 1.22 bits per heavy atom. The lowest BCUT2D eigenvalue weighted by molar-refractivity contribution is -0.148. The summed E-state index contributed by atoms with van der Waals surface area (Å²) in [4.78, 5) is 22.9. The molecule has 5 heteroatoms. The summed E-state index contributed by atoms with van der Waals surface area (Å²) in [5.41, 5.74) is -0.715. The molecule has 3 N–H and O–H groups in total. The van der Waals surface area contributed by atoms with E-state index in [0.717, 1.165) is 19.3 Å². The third-order valence-electron chi connectivity index (χ3n) is 4.33. The van der Waals surface area contributed by atoms with E-state index in [1.807, 2.05) is 0 Å². The van der Waals surface area contributed by atoms with Gasteiger partial charge in [-0.05, 0) is 43.9 Å². The average molecular weight is 254 g/mol. The lowest BCUT2D eigenvalue weighted by Gasteiger charge is -2.38. The molecule has 0 bridgehead atoms. The zero-order valence-corrected chi connectivity index (χ0v) is 10.9. The summed E-state index contributed by atoms with van der Waals surface area (Å²) < 4.78 is 0. The fourth-order valence-corrected chi connectivity index (χ4v) is 2.67. The summed E-state index contributed by atoms with van der Waals surface area (Å²) in [6.07, 6.45) is 6.55. The summed E-state index contributed by atoms with van der Waals surface area (Å²) in [5, 5.41) is 14.6. The molecule has 2 aliphatic rings. The molecule has 5 nitrogen and oxygen atoms in total. The summed E-state index contributed by atoms with van der Waals surface area (Å²) in [6, 6.07) is -0.334. The van der Waals surface area contributed by atoms with E-state index < -0.39 is 11.5 Å². The Morgan fingerprint density at radius 3 is 2.28 bits per heavy atom. The van der Waals surface area contributed by atoms with Gasteiger partial charge in [-0.1, -0.05) is 13.3 Å². The van der Waals surface area contributed by atoms with E-state index >= 15 is 0 Å². The first-order valence-electron chi connectivity index (χ1n) is 6.81. The first-order chi connectivity index (χ1) is 8.52. The van der Waals surface area contributed by atoms with Gasteiger partial charge in [0.15, 0.2) is 0 Å². The maximum Gasteiger partial charge on any atom is 0.329 e. The molecule has 18 heavy (non-hydrogen) atoms. The van der Waals surface area contributed by atoms with Crippen LogP contribution in [0.4, 0.5) is 4.79 Å². The van der Waals surface area contributed by atoms with Gasteiger partial charge in [0.2, 0.25) is 0 Å². The second kappa shape index (κ2) is 4.78. The van der Waals surface area contributed by atoms with E-state index in [4.69, 9.17) is 5.11 Å². The third-order valence-corrected chi connectivity index (χ3v) is 4.33. The number of carbonyl (C=O) groups excluding carboxylic acids is 1. The van der Waals surface area contributed by atoms with Crippen LogP contribution in [-0.4, -0.2) is 29.2 Å². The Hall–Kier alpha value is -1.26. The van der Waals surface area contributed by atoms with Crippen molar-refractivity contribution in [2.45, 2.75) is 57.4 Å². The van der Waals surface area contributed by atoms with Gasteiger partial charge < -0.3 is 15.7 Å². The van der Waals surface area contributed by atoms with Crippen molar-refractivity contribution in [3.8, 4) is 0 Å². The Labute approximate surface area is 107 Å². The molecule has 2 saturated carbocycles. The molecule has 0 aromatic carbocycles. The number of amides is 2. The highest BCUT2D eigenvalue weighted by Gasteiger charge is 2.46. The van der Waals surface area contributed by atoms with Crippen molar-refractivity contribution >= 4 is 12.0 Å². The normalized spacial score (nSPS) is 22.7. The van der Waals surface area contributed by atoms with Gasteiger partial charge in [-0.2, -0.15) is 0 Å². The standard InChI is InChI=1S/C13H22N2O3/c1-2-4-12(7-8-12)9-14-11(18)15-13(10(16)17)5-3-6-13/h2-9H2,1H3,(H,16,17)(H2,14,15,18). The van der Waals surface area contributed by atoms with Crippen LogP contribution in [0.3, 0.4) is 0 Å². The lowest BCUT2D eigenvalue weighted by Crippen LogP contribution is -2.61. The number of hydrogen-bond acceptors (Lipinski definition) is 2. The van der Waals surface area contributed by atoms with Gasteiger partial charge >= 0.3 is 12.0 Å². The predicted octanol–water partition coefficient (Wildman–Crippen LogP) is 1.87. The molecule has 102 valence electrons. The first kappa shape index (κ1) is 13.2. The van der Waals surface area contributed by atoms with Gasteiger partial charge in [0, 0.05) is 6.54 Å². The van der Waals surface area contributed by atoms with E-state index in [9.17, 15) is 9.59 Å².